The van der Waals surface area contributed by atoms with Gasteiger partial charge in [0.1, 0.15) is 5.78 Å². The van der Waals surface area contributed by atoms with Crippen LogP contribution in [0.25, 0.3) is 0 Å². The third-order valence-corrected chi connectivity index (χ3v) is 1.68. The Morgan fingerprint density at radius 1 is 1.46 bits per heavy atom. The second-order valence-corrected chi connectivity index (χ2v) is 3.30. The molecule has 1 unspecified atom stereocenters. The predicted octanol–water partition coefficient (Wildman–Crippen LogP) is 0.100. The van der Waals surface area contributed by atoms with Gasteiger partial charge in [-0.3, -0.25) is 9.59 Å². The number of carbonyl (C=O) groups is 2. The Morgan fingerprint density at radius 2 is 2.08 bits per heavy atom. The molecular weight excluding hydrogens is 170 g/mol. The molecule has 0 aromatic carbocycles. The highest BCUT2D eigenvalue weighted by atomic mass is 16.3. The SMILES string of the molecule is CC(=O)CC(=O)NCC(C)CCO. The first-order valence-electron chi connectivity index (χ1n) is 4.43. The van der Waals surface area contributed by atoms with Gasteiger partial charge in [0, 0.05) is 13.2 Å². The summed E-state index contributed by atoms with van der Waals surface area (Å²) in [6.45, 7) is 3.97. The molecule has 0 aliphatic rings. The number of nitrogens with one attached hydrogen (secondary N) is 1. The molecule has 76 valence electrons. The van der Waals surface area contributed by atoms with Gasteiger partial charge < -0.3 is 10.4 Å². The fourth-order valence-electron chi connectivity index (χ4n) is 0.899. The van der Waals surface area contributed by atoms with Crippen molar-refractivity contribution in [2.24, 2.45) is 5.92 Å². The first-order valence-corrected chi connectivity index (χ1v) is 4.43. The van der Waals surface area contributed by atoms with E-state index in [2.05, 4.69) is 5.32 Å². The summed E-state index contributed by atoms with van der Waals surface area (Å²) in [7, 11) is 0. The second kappa shape index (κ2) is 6.60. The van der Waals surface area contributed by atoms with Crippen LogP contribution in [-0.4, -0.2) is 29.9 Å². The second-order valence-electron chi connectivity index (χ2n) is 3.30. The summed E-state index contributed by atoms with van der Waals surface area (Å²) < 4.78 is 0. The normalized spacial score (nSPS) is 12.2. The first-order chi connectivity index (χ1) is 6.06. The van der Waals surface area contributed by atoms with Crippen molar-refractivity contribution in [2.45, 2.75) is 26.7 Å². The number of amides is 1. The van der Waals surface area contributed by atoms with Gasteiger partial charge in [-0.2, -0.15) is 0 Å². The van der Waals surface area contributed by atoms with Crippen LogP contribution in [0.2, 0.25) is 0 Å². The summed E-state index contributed by atoms with van der Waals surface area (Å²) in [5, 5.41) is 11.2. The van der Waals surface area contributed by atoms with Gasteiger partial charge in [-0.25, -0.2) is 0 Å². The zero-order valence-corrected chi connectivity index (χ0v) is 8.17. The minimum Gasteiger partial charge on any atom is -0.396 e. The Hall–Kier alpha value is -0.900. The van der Waals surface area contributed by atoms with Crippen molar-refractivity contribution in [1.82, 2.24) is 5.32 Å². The van der Waals surface area contributed by atoms with Crippen molar-refractivity contribution in [2.75, 3.05) is 13.2 Å². The summed E-state index contributed by atoms with van der Waals surface area (Å²) in [6.07, 6.45) is 0.617. The molecule has 0 spiro atoms. The maximum atomic E-state index is 11.0. The highest BCUT2D eigenvalue weighted by Crippen LogP contribution is 1.97. The van der Waals surface area contributed by atoms with E-state index in [-0.39, 0.29) is 30.6 Å². The van der Waals surface area contributed by atoms with Crippen molar-refractivity contribution in [3.63, 3.8) is 0 Å². The van der Waals surface area contributed by atoms with Crippen LogP contribution in [0.3, 0.4) is 0 Å². The molecular formula is C9H17NO3. The Bertz CT molecular complexity index is 180. The molecule has 0 heterocycles. The van der Waals surface area contributed by atoms with Gasteiger partial charge in [-0.1, -0.05) is 6.92 Å². The third-order valence-electron chi connectivity index (χ3n) is 1.68. The minimum absolute atomic E-state index is 0.0498. The number of hydrogen-bond donors (Lipinski definition) is 2. The van der Waals surface area contributed by atoms with Crippen molar-refractivity contribution < 1.29 is 14.7 Å². The Labute approximate surface area is 78.3 Å². The van der Waals surface area contributed by atoms with Crippen LogP contribution in [0.1, 0.15) is 26.7 Å². The number of aliphatic hydroxyl groups is 1. The standard InChI is InChI=1S/C9H17NO3/c1-7(3-4-11)6-10-9(13)5-8(2)12/h7,11H,3-6H2,1-2H3,(H,10,13). The lowest BCUT2D eigenvalue weighted by Crippen LogP contribution is -2.29. The highest BCUT2D eigenvalue weighted by molar-refractivity contribution is 5.96. The molecule has 13 heavy (non-hydrogen) atoms. The van der Waals surface area contributed by atoms with Crippen molar-refractivity contribution in [1.29, 1.82) is 0 Å². The van der Waals surface area contributed by atoms with Crippen LogP contribution in [0.4, 0.5) is 0 Å². The molecule has 0 aromatic heterocycles. The molecule has 0 aliphatic heterocycles. The quantitative estimate of drug-likeness (QED) is 0.579. The largest absolute Gasteiger partial charge is 0.396 e. The molecule has 0 bridgehead atoms. The van der Waals surface area contributed by atoms with Crippen LogP contribution in [0.5, 0.6) is 0 Å². The third kappa shape index (κ3) is 7.46. The van der Waals surface area contributed by atoms with Gasteiger partial charge in [0.25, 0.3) is 0 Å². The van der Waals surface area contributed by atoms with E-state index in [1.54, 1.807) is 0 Å². The van der Waals surface area contributed by atoms with Gasteiger partial charge in [0.05, 0.1) is 6.42 Å². The van der Waals surface area contributed by atoms with E-state index < -0.39 is 0 Å². The van der Waals surface area contributed by atoms with Crippen LogP contribution in [0, 0.1) is 5.92 Å². The maximum absolute atomic E-state index is 11.0. The summed E-state index contributed by atoms with van der Waals surface area (Å²) in [6, 6.07) is 0. The maximum Gasteiger partial charge on any atom is 0.227 e. The zero-order chi connectivity index (χ0) is 10.3. The average Bonchev–Trinajstić information content (AvgIpc) is 2.00. The van der Waals surface area contributed by atoms with Gasteiger partial charge >= 0.3 is 0 Å². The van der Waals surface area contributed by atoms with E-state index >= 15 is 0 Å². The lowest BCUT2D eigenvalue weighted by molar-refractivity contribution is -0.127. The van der Waals surface area contributed by atoms with Gasteiger partial charge in [0.15, 0.2) is 0 Å². The Morgan fingerprint density at radius 3 is 2.54 bits per heavy atom. The Balaban J connectivity index is 3.51. The van der Waals surface area contributed by atoms with E-state index in [4.69, 9.17) is 5.11 Å². The van der Waals surface area contributed by atoms with E-state index in [0.29, 0.717) is 13.0 Å². The van der Waals surface area contributed by atoms with E-state index in [1.165, 1.54) is 6.92 Å². The topological polar surface area (TPSA) is 66.4 Å². The number of rotatable bonds is 6. The molecule has 4 nitrogen and oxygen atoms in total. The lowest BCUT2D eigenvalue weighted by atomic mass is 10.1. The fraction of sp³-hybridized carbons (Fsp3) is 0.778. The Kier molecular flexibility index (Phi) is 6.14. The lowest BCUT2D eigenvalue weighted by Gasteiger charge is -2.10. The molecule has 0 fully saturated rings. The van der Waals surface area contributed by atoms with Gasteiger partial charge in [-0.05, 0) is 19.3 Å². The molecule has 0 saturated carbocycles. The highest BCUT2D eigenvalue weighted by Gasteiger charge is 2.06. The molecule has 0 rings (SSSR count). The van der Waals surface area contributed by atoms with Crippen molar-refractivity contribution in [3.05, 3.63) is 0 Å². The number of carbonyl (C=O) groups excluding carboxylic acids is 2. The molecule has 2 N–H and O–H groups in total. The first kappa shape index (κ1) is 12.1. The van der Waals surface area contributed by atoms with Crippen LogP contribution in [-0.2, 0) is 9.59 Å². The predicted molar refractivity (Wildman–Crippen MR) is 49.2 cm³/mol. The van der Waals surface area contributed by atoms with Crippen molar-refractivity contribution >= 4 is 11.7 Å². The number of hydrogen-bond acceptors (Lipinski definition) is 3. The fourth-order valence-corrected chi connectivity index (χ4v) is 0.899. The average molecular weight is 187 g/mol. The number of aliphatic hydroxyl groups excluding tert-OH is 1. The molecule has 1 atom stereocenters. The monoisotopic (exact) mass is 187 g/mol. The molecule has 0 saturated heterocycles. The molecule has 0 aromatic rings. The van der Waals surface area contributed by atoms with Crippen LogP contribution >= 0.6 is 0 Å². The zero-order valence-electron chi connectivity index (χ0n) is 8.17. The molecule has 0 radical (unpaired) electrons. The smallest absolute Gasteiger partial charge is 0.227 e. The summed E-state index contributed by atoms with van der Waals surface area (Å²) >= 11 is 0. The summed E-state index contributed by atoms with van der Waals surface area (Å²) in [5.41, 5.74) is 0. The van der Waals surface area contributed by atoms with E-state index in [9.17, 15) is 9.59 Å². The number of Topliss-reactive ketones (excluding diaryl/α,β-unsaturated/α-hetero) is 1. The summed E-state index contributed by atoms with van der Waals surface area (Å²) in [4.78, 5) is 21.5. The van der Waals surface area contributed by atoms with Crippen molar-refractivity contribution in [3.8, 4) is 0 Å². The molecule has 1 amide bonds. The summed E-state index contributed by atoms with van der Waals surface area (Å²) in [5.74, 6) is -0.120. The van der Waals surface area contributed by atoms with E-state index in [0.717, 1.165) is 0 Å². The minimum atomic E-state index is -0.239. The number of ketones is 1. The van der Waals surface area contributed by atoms with Gasteiger partial charge in [0.2, 0.25) is 5.91 Å². The van der Waals surface area contributed by atoms with Crippen LogP contribution in [0.15, 0.2) is 0 Å². The van der Waals surface area contributed by atoms with E-state index in [1.807, 2.05) is 6.92 Å². The van der Waals surface area contributed by atoms with Gasteiger partial charge in [-0.15, -0.1) is 0 Å². The molecule has 0 aliphatic carbocycles. The molecule has 4 heteroatoms. The van der Waals surface area contributed by atoms with Crippen LogP contribution < -0.4 is 5.32 Å².